The molecule has 0 aliphatic heterocycles. The number of furan rings is 1. The van der Waals surface area contributed by atoms with Crippen molar-refractivity contribution >= 4 is 22.6 Å². The smallest absolute Gasteiger partial charge is 0.291 e. The molecule has 1 N–H and O–H groups in total. The molecule has 0 spiro atoms. The Morgan fingerprint density at radius 1 is 1.23 bits per heavy atom. The Bertz CT molecular complexity index is 854. The second-order valence-electron chi connectivity index (χ2n) is 4.91. The number of halogens is 1. The van der Waals surface area contributed by atoms with E-state index in [1.807, 2.05) is 12.1 Å². The standard InChI is InChI=1S/C17H14FNO3/c1-10-6-7-12(9-13(10)18)19-17(20)15-8-11-4-3-5-14(21-2)16(11)22-15/h3-9H,1-2H3,(H,19,20). The van der Waals surface area contributed by atoms with Gasteiger partial charge in [0.1, 0.15) is 5.82 Å². The van der Waals surface area contributed by atoms with Crippen molar-refractivity contribution in [3.05, 3.63) is 59.6 Å². The van der Waals surface area contributed by atoms with Crippen molar-refractivity contribution in [1.29, 1.82) is 0 Å². The van der Waals surface area contributed by atoms with Crippen LogP contribution in [-0.2, 0) is 0 Å². The lowest BCUT2D eigenvalue weighted by atomic mass is 10.2. The third-order valence-corrected chi connectivity index (χ3v) is 3.38. The molecule has 112 valence electrons. The zero-order chi connectivity index (χ0) is 15.7. The molecule has 3 rings (SSSR count). The van der Waals surface area contributed by atoms with Crippen molar-refractivity contribution < 1.29 is 18.3 Å². The van der Waals surface area contributed by atoms with E-state index in [1.54, 1.807) is 31.2 Å². The number of aryl methyl sites for hydroxylation is 1. The second kappa shape index (κ2) is 5.52. The number of hydrogen-bond donors (Lipinski definition) is 1. The number of amides is 1. The highest BCUT2D eigenvalue weighted by atomic mass is 19.1. The summed E-state index contributed by atoms with van der Waals surface area (Å²) in [4.78, 5) is 12.2. The van der Waals surface area contributed by atoms with Crippen LogP contribution in [0.25, 0.3) is 11.0 Å². The van der Waals surface area contributed by atoms with Gasteiger partial charge in [-0.2, -0.15) is 0 Å². The van der Waals surface area contributed by atoms with Gasteiger partial charge in [0, 0.05) is 11.1 Å². The quantitative estimate of drug-likeness (QED) is 0.790. The first-order valence-electron chi connectivity index (χ1n) is 6.72. The third kappa shape index (κ3) is 2.53. The highest BCUT2D eigenvalue weighted by molar-refractivity contribution is 6.05. The maximum absolute atomic E-state index is 13.5. The van der Waals surface area contributed by atoms with Crippen LogP contribution in [0.1, 0.15) is 16.1 Å². The predicted molar refractivity (Wildman–Crippen MR) is 81.9 cm³/mol. The van der Waals surface area contributed by atoms with Crippen LogP contribution in [0.4, 0.5) is 10.1 Å². The SMILES string of the molecule is COc1cccc2cc(C(=O)Nc3ccc(C)c(F)c3)oc12. The van der Waals surface area contributed by atoms with Crippen LogP contribution in [0, 0.1) is 12.7 Å². The Balaban J connectivity index is 1.90. The zero-order valence-corrected chi connectivity index (χ0v) is 12.1. The number of carbonyl (C=O) groups excluding carboxylic acids is 1. The van der Waals surface area contributed by atoms with Gasteiger partial charge in [-0.3, -0.25) is 4.79 Å². The molecule has 0 aliphatic carbocycles. The fourth-order valence-electron chi connectivity index (χ4n) is 2.17. The monoisotopic (exact) mass is 299 g/mol. The molecule has 4 nitrogen and oxygen atoms in total. The summed E-state index contributed by atoms with van der Waals surface area (Å²) >= 11 is 0. The summed E-state index contributed by atoms with van der Waals surface area (Å²) in [6.07, 6.45) is 0. The minimum absolute atomic E-state index is 0.139. The van der Waals surface area contributed by atoms with Crippen LogP contribution in [0.3, 0.4) is 0 Å². The lowest BCUT2D eigenvalue weighted by Gasteiger charge is -2.04. The highest BCUT2D eigenvalue weighted by Crippen LogP contribution is 2.28. The summed E-state index contributed by atoms with van der Waals surface area (Å²) in [7, 11) is 1.53. The number of nitrogens with one attached hydrogen (secondary N) is 1. The van der Waals surface area contributed by atoms with E-state index in [0.717, 1.165) is 5.39 Å². The maximum Gasteiger partial charge on any atom is 0.291 e. The molecule has 0 aliphatic rings. The van der Waals surface area contributed by atoms with E-state index in [-0.39, 0.29) is 11.6 Å². The van der Waals surface area contributed by atoms with Crippen LogP contribution in [-0.4, -0.2) is 13.0 Å². The second-order valence-corrected chi connectivity index (χ2v) is 4.91. The molecular weight excluding hydrogens is 285 g/mol. The molecule has 0 atom stereocenters. The minimum Gasteiger partial charge on any atom is -0.493 e. The van der Waals surface area contributed by atoms with Crippen molar-refractivity contribution in [2.24, 2.45) is 0 Å². The van der Waals surface area contributed by atoms with Crippen LogP contribution in [0.15, 0.2) is 46.9 Å². The Labute approximate surface area is 126 Å². The molecule has 1 aromatic heterocycles. The molecule has 0 unspecified atom stereocenters. The van der Waals surface area contributed by atoms with Gasteiger partial charge < -0.3 is 14.5 Å². The average Bonchev–Trinajstić information content (AvgIpc) is 2.95. The first kappa shape index (κ1) is 14.1. The van der Waals surface area contributed by atoms with Crippen molar-refractivity contribution in [1.82, 2.24) is 0 Å². The van der Waals surface area contributed by atoms with Crippen molar-refractivity contribution in [2.75, 3.05) is 12.4 Å². The van der Waals surface area contributed by atoms with Crippen molar-refractivity contribution in [3.63, 3.8) is 0 Å². The maximum atomic E-state index is 13.5. The average molecular weight is 299 g/mol. The number of hydrogen-bond acceptors (Lipinski definition) is 3. The Kier molecular flexibility index (Phi) is 3.55. The minimum atomic E-state index is -0.443. The van der Waals surface area contributed by atoms with Gasteiger partial charge in [0.05, 0.1) is 7.11 Å². The summed E-state index contributed by atoms with van der Waals surface area (Å²) < 4.78 is 24.2. The van der Waals surface area contributed by atoms with E-state index in [1.165, 1.54) is 13.2 Å². The van der Waals surface area contributed by atoms with Gasteiger partial charge in [0.15, 0.2) is 17.1 Å². The van der Waals surface area contributed by atoms with E-state index in [2.05, 4.69) is 5.32 Å². The van der Waals surface area contributed by atoms with Crippen LogP contribution < -0.4 is 10.1 Å². The largest absolute Gasteiger partial charge is 0.493 e. The summed E-state index contributed by atoms with van der Waals surface area (Å²) in [5.41, 5.74) is 1.40. The predicted octanol–water partition coefficient (Wildman–Crippen LogP) is 4.14. The van der Waals surface area contributed by atoms with Crippen molar-refractivity contribution in [3.8, 4) is 5.75 Å². The van der Waals surface area contributed by atoms with E-state index < -0.39 is 5.91 Å². The lowest BCUT2D eigenvalue weighted by molar-refractivity contribution is 0.0998. The molecule has 0 radical (unpaired) electrons. The first-order valence-corrected chi connectivity index (χ1v) is 6.72. The number of fused-ring (bicyclic) bond motifs is 1. The lowest BCUT2D eigenvalue weighted by Crippen LogP contribution is -2.11. The van der Waals surface area contributed by atoms with E-state index in [9.17, 15) is 9.18 Å². The van der Waals surface area contributed by atoms with Gasteiger partial charge in [-0.1, -0.05) is 18.2 Å². The van der Waals surface area contributed by atoms with Gasteiger partial charge in [-0.15, -0.1) is 0 Å². The molecule has 5 heteroatoms. The number of carbonyl (C=O) groups is 1. The number of methoxy groups -OCH3 is 1. The Hall–Kier alpha value is -2.82. The summed E-state index contributed by atoms with van der Waals surface area (Å²) in [5.74, 6) is -0.121. The third-order valence-electron chi connectivity index (χ3n) is 3.38. The molecular formula is C17H14FNO3. The highest BCUT2D eigenvalue weighted by Gasteiger charge is 2.15. The Morgan fingerprint density at radius 2 is 2.05 bits per heavy atom. The molecule has 2 aromatic carbocycles. The van der Waals surface area contributed by atoms with Gasteiger partial charge in [-0.25, -0.2) is 4.39 Å². The summed E-state index contributed by atoms with van der Waals surface area (Å²) in [6.45, 7) is 1.66. The van der Waals surface area contributed by atoms with E-state index >= 15 is 0 Å². The normalized spacial score (nSPS) is 10.7. The fraction of sp³-hybridized carbons (Fsp3) is 0.118. The number of anilines is 1. The number of rotatable bonds is 3. The van der Waals surface area contributed by atoms with Crippen LogP contribution in [0.2, 0.25) is 0 Å². The van der Waals surface area contributed by atoms with Gasteiger partial charge in [-0.05, 0) is 36.8 Å². The van der Waals surface area contributed by atoms with Gasteiger partial charge in [0.2, 0.25) is 0 Å². The molecule has 22 heavy (non-hydrogen) atoms. The summed E-state index contributed by atoms with van der Waals surface area (Å²) in [6, 6.07) is 11.5. The Morgan fingerprint density at radius 3 is 2.77 bits per heavy atom. The molecule has 3 aromatic rings. The first-order chi connectivity index (χ1) is 10.6. The van der Waals surface area contributed by atoms with Gasteiger partial charge >= 0.3 is 0 Å². The van der Waals surface area contributed by atoms with Gasteiger partial charge in [0.25, 0.3) is 5.91 Å². The number of benzene rings is 2. The van der Waals surface area contributed by atoms with E-state index in [0.29, 0.717) is 22.6 Å². The van der Waals surface area contributed by atoms with Crippen molar-refractivity contribution in [2.45, 2.75) is 6.92 Å². The molecule has 1 heterocycles. The van der Waals surface area contributed by atoms with E-state index in [4.69, 9.17) is 9.15 Å². The molecule has 0 saturated carbocycles. The molecule has 1 amide bonds. The number of para-hydroxylation sites is 1. The molecule has 0 fully saturated rings. The van der Waals surface area contributed by atoms with Crippen LogP contribution in [0.5, 0.6) is 5.75 Å². The topological polar surface area (TPSA) is 51.5 Å². The zero-order valence-electron chi connectivity index (χ0n) is 12.1. The molecule has 0 bridgehead atoms. The number of ether oxygens (including phenoxy) is 1. The van der Waals surface area contributed by atoms with Crippen LogP contribution >= 0.6 is 0 Å². The summed E-state index contributed by atoms with van der Waals surface area (Å²) in [5, 5.41) is 3.37. The fourth-order valence-corrected chi connectivity index (χ4v) is 2.17. The molecule has 0 saturated heterocycles.